The van der Waals surface area contributed by atoms with Crippen LogP contribution < -0.4 is 11.1 Å². The Balaban J connectivity index is 2.41. The average molecular weight is 180 g/mol. The summed E-state index contributed by atoms with van der Waals surface area (Å²) in [6.07, 6.45) is 4.35. The van der Waals surface area contributed by atoms with Crippen LogP contribution in [-0.2, 0) is 0 Å². The molecule has 0 spiro atoms. The Labute approximate surface area is 78.6 Å². The minimum Gasteiger partial charge on any atom is -0.352 e. The highest BCUT2D eigenvalue weighted by Gasteiger charge is 2.05. The maximum atomic E-state index is 5.67. The fourth-order valence-corrected chi connectivity index (χ4v) is 1.21. The molecule has 13 heavy (non-hydrogen) atoms. The zero-order valence-electron chi connectivity index (χ0n) is 8.07. The second-order valence-corrected chi connectivity index (χ2v) is 3.33. The standard InChI is InChI=1S/C9H16N4/c1-7(10)6-8(2)13-9-11-4-3-5-12-9/h3-5,7-8H,6,10H2,1-2H3,(H,11,12,13). The predicted molar refractivity (Wildman–Crippen MR) is 53.4 cm³/mol. The van der Waals surface area contributed by atoms with Crippen LogP contribution in [0.15, 0.2) is 18.5 Å². The van der Waals surface area contributed by atoms with Crippen LogP contribution in [-0.4, -0.2) is 22.1 Å². The molecule has 0 fully saturated rings. The molecule has 0 aliphatic carbocycles. The Morgan fingerprint density at radius 3 is 2.54 bits per heavy atom. The van der Waals surface area contributed by atoms with Crippen LogP contribution in [0.2, 0.25) is 0 Å². The summed E-state index contributed by atoms with van der Waals surface area (Å²) < 4.78 is 0. The predicted octanol–water partition coefficient (Wildman–Crippen LogP) is 1.01. The van der Waals surface area contributed by atoms with Gasteiger partial charge < -0.3 is 11.1 Å². The summed E-state index contributed by atoms with van der Waals surface area (Å²) in [5, 5.41) is 3.17. The molecule has 1 aromatic rings. The van der Waals surface area contributed by atoms with Crippen LogP contribution in [0.5, 0.6) is 0 Å². The molecule has 2 atom stereocenters. The first-order chi connectivity index (χ1) is 6.18. The number of rotatable bonds is 4. The lowest BCUT2D eigenvalue weighted by Crippen LogP contribution is -2.26. The fraction of sp³-hybridized carbons (Fsp3) is 0.556. The van der Waals surface area contributed by atoms with Crippen LogP contribution >= 0.6 is 0 Å². The topological polar surface area (TPSA) is 63.8 Å². The van der Waals surface area contributed by atoms with Crippen molar-refractivity contribution in [1.29, 1.82) is 0 Å². The zero-order valence-corrected chi connectivity index (χ0v) is 8.07. The largest absolute Gasteiger partial charge is 0.352 e. The lowest BCUT2D eigenvalue weighted by atomic mass is 10.1. The van der Waals surface area contributed by atoms with Gasteiger partial charge in [0.1, 0.15) is 0 Å². The van der Waals surface area contributed by atoms with E-state index in [1.165, 1.54) is 0 Å². The van der Waals surface area contributed by atoms with Crippen molar-refractivity contribution in [2.45, 2.75) is 32.4 Å². The maximum absolute atomic E-state index is 5.67. The van der Waals surface area contributed by atoms with Crippen LogP contribution in [0.4, 0.5) is 5.95 Å². The van der Waals surface area contributed by atoms with Gasteiger partial charge in [0.2, 0.25) is 5.95 Å². The highest BCUT2D eigenvalue weighted by molar-refractivity contribution is 5.23. The lowest BCUT2D eigenvalue weighted by Gasteiger charge is -2.15. The van der Waals surface area contributed by atoms with E-state index in [0.29, 0.717) is 12.0 Å². The van der Waals surface area contributed by atoms with Gasteiger partial charge in [-0.3, -0.25) is 0 Å². The monoisotopic (exact) mass is 180 g/mol. The number of hydrogen-bond donors (Lipinski definition) is 2. The van der Waals surface area contributed by atoms with E-state index in [4.69, 9.17) is 5.73 Å². The molecule has 0 bridgehead atoms. The van der Waals surface area contributed by atoms with Crippen molar-refractivity contribution in [3.05, 3.63) is 18.5 Å². The number of nitrogens with one attached hydrogen (secondary N) is 1. The van der Waals surface area contributed by atoms with Crippen molar-refractivity contribution >= 4 is 5.95 Å². The first-order valence-electron chi connectivity index (χ1n) is 4.47. The molecule has 72 valence electrons. The summed E-state index contributed by atoms with van der Waals surface area (Å²) in [6.45, 7) is 4.06. The van der Waals surface area contributed by atoms with Crippen molar-refractivity contribution in [1.82, 2.24) is 9.97 Å². The molecule has 1 heterocycles. The molecule has 2 unspecified atom stereocenters. The van der Waals surface area contributed by atoms with Gasteiger partial charge in [0.15, 0.2) is 0 Å². The van der Waals surface area contributed by atoms with E-state index in [1.54, 1.807) is 18.5 Å². The summed E-state index contributed by atoms with van der Waals surface area (Å²) >= 11 is 0. The van der Waals surface area contributed by atoms with Gasteiger partial charge in [-0.25, -0.2) is 9.97 Å². The van der Waals surface area contributed by atoms with Gasteiger partial charge in [-0.2, -0.15) is 0 Å². The van der Waals surface area contributed by atoms with Crippen molar-refractivity contribution in [3.8, 4) is 0 Å². The fourth-order valence-electron chi connectivity index (χ4n) is 1.21. The Bertz CT molecular complexity index is 235. The molecule has 4 nitrogen and oxygen atoms in total. The molecule has 1 aromatic heterocycles. The number of hydrogen-bond acceptors (Lipinski definition) is 4. The SMILES string of the molecule is CC(N)CC(C)Nc1ncccn1. The molecule has 0 aromatic carbocycles. The lowest BCUT2D eigenvalue weighted by molar-refractivity contribution is 0.601. The molecule has 0 saturated heterocycles. The summed E-state index contributed by atoms with van der Waals surface area (Å²) in [5.74, 6) is 0.663. The van der Waals surface area contributed by atoms with Crippen LogP contribution in [0.25, 0.3) is 0 Å². The summed E-state index contributed by atoms with van der Waals surface area (Å²) in [5.41, 5.74) is 5.67. The van der Waals surface area contributed by atoms with Crippen LogP contribution in [0, 0.1) is 0 Å². The van der Waals surface area contributed by atoms with Crippen molar-refractivity contribution in [2.24, 2.45) is 5.73 Å². The molecule has 0 radical (unpaired) electrons. The number of nitrogens with two attached hydrogens (primary N) is 1. The Morgan fingerprint density at radius 1 is 1.38 bits per heavy atom. The van der Waals surface area contributed by atoms with E-state index < -0.39 is 0 Å². The first-order valence-corrected chi connectivity index (χ1v) is 4.47. The highest BCUT2D eigenvalue weighted by atomic mass is 15.1. The molecule has 3 N–H and O–H groups in total. The van der Waals surface area contributed by atoms with Gasteiger partial charge in [0.05, 0.1) is 0 Å². The van der Waals surface area contributed by atoms with Crippen molar-refractivity contribution < 1.29 is 0 Å². The molecule has 1 rings (SSSR count). The Morgan fingerprint density at radius 2 is 2.00 bits per heavy atom. The van der Waals surface area contributed by atoms with Crippen LogP contribution in [0.3, 0.4) is 0 Å². The Hall–Kier alpha value is -1.16. The van der Waals surface area contributed by atoms with Gasteiger partial charge in [-0.15, -0.1) is 0 Å². The third kappa shape index (κ3) is 3.85. The summed E-state index contributed by atoms with van der Waals surface area (Å²) in [7, 11) is 0. The summed E-state index contributed by atoms with van der Waals surface area (Å²) in [6, 6.07) is 2.30. The molecule has 4 heteroatoms. The number of anilines is 1. The smallest absolute Gasteiger partial charge is 0.222 e. The van der Waals surface area contributed by atoms with Gasteiger partial charge in [0, 0.05) is 24.5 Å². The van der Waals surface area contributed by atoms with E-state index in [0.717, 1.165) is 6.42 Å². The van der Waals surface area contributed by atoms with Gasteiger partial charge in [-0.1, -0.05) is 0 Å². The Kier molecular flexibility index (Phi) is 3.64. The molecule has 0 saturated carbocycles. The molecule has 0 aliphatic rings. The zero-order chi connectivity index (χ0) is 9.68. The third-order valence-corrected chi connectivity index (χ3v) is 1.67. The highest BCUT2D eigenvalue weighted by Crippen LogP contribution is 2.02. The molecule has 0 amide bonds. The molecular formula is C9H16N4. The quantitative estimate of drug-likeness (QED) is 0.726. The second-order valence-electron chi connectivity index (χ2n) is 3.33. The van der Waals surface area contributed by atoms with Crippen molar-refractivity contribution in [3.63, 3.8) is 0 Å². The third-order valence-electron chi connectivity index (χ3n) is 1.67. The minimum atomic E-state index is 0.200. The number of aromatic nitrogens is 2. The second kappa shape index (κ2) is 4.77. The summed E-state index contributed by atoms with van der Waals surface area (Å²) in [4.78, 5) is 8.13. The van der Waals surface area contributed by atoms with Crippen molar-refractivity contribution in [2.75, 3.05) is 5.32 Å². The van der Waals surface area contributed by atoms with E-state index >= 15 is 0 Å². The normalized spacial score (nSPS) is 15.0. The van der Waals surface area contributed by atoms with Gasteiger partial charge in [0.25, 0.3) is 0 Å². The molecular weight excluding hydrogens is 164 g/mol. The van der Waals surface area contributed by atoms with E-state index in [1.807, 2.05) is 6.92 Å². The van der Waals surface area contributed by atoms with E-state index in [2.05, 4.69) is 22.2 Å². The maximum Gasteiger partial charge on any atom is 0.222 e. The number of nitrogens with zero attached hydrogens (tertiary/aromatic N) is 2. The van der Waals surface area contributed by atoms with Crippen LogP contribution in [0.1, 0.15) is 20.3 Å². The minimum absolute atomic E-state index is 0.200. The van der Waals surface area contributed by atoms with E-state index in [9.17, 15) is 0 Å². The first kappa shape index (κ1) is 9.92. The van der Waals surface area contributed by atoms with Gasteiger partial charge >= 0.3 is 0 Å². The van der Waals surface area contributed by atoms with E-state index in [-0.39, 0.29) is 6.04 Å². The average Bonchev–Trinajstić information content (AvgIpc) is 2.04. The molecule has 0 aliphatic heterocycles. The van der Waals surface area contributed by atoms with Gasteiger partial charge in [-0.05, 0) is 26.3 Å².